The number of anilines is 2. The summed E-state index contributed by atoms with van der Waals surface area (Å²) in [5, 5.41) is 5.53. The van der Waals surface area contributed by atoms with Crippen LogP contribution in [0.1, 0.15) is 5.56 Å². The number of nitrogens with one attached hydrogen (secondary N) is 2. The molecule has 0 fully saturated rings. The van der Waals surface area contributed by atoms with Crippen molar-refractivity contribution in [3.8, 4) is 5.75 Å². The molecule has 2 aromatic carbocycles. The van der Waals surface area contributed by atoms with Crippen molar-refractivity contribution in [1.82, 2.24) is 0 Å². The molecule has 110 valence electrons. The third kappa shape index (κ3) is 4.81. The fourth-order valence-electron chi connectivity index (χ4n) is 1.77. The summed E-state index contributed by atoms with van der Waals surface area (Å²) >= 11 is 0. The van der Waals surface area contributed by atoms with Crippen LogP contribution in [-0.2, 0) is 0 Å². The SMILES string of the molecule is Cc1ccc(NC(=O)Nc2cccc(OCCN)c2)cc1. The Bertz CT molecular complexity index is 597. The lowest BCUT2D eigenvalue weighted by molar-refractivity contribution is 0.262. The van der Waals surface area contributed by atoms with Crippen LogP contribution in [0.5, 0.6) is 5.75 Å². The molecule has 0 aliphatic rings. The first-order chi connectivity index (χ1) is 10.2. The molecule has 0 aliphatic carbocycles. The average Bonchev–Trinajstić information content (AvgIpc) is 2.48. The fraction of sp³-hybridized carbons (Fsp3) is 0.188. The number of amides is 2. The van der Waals surface area contributed by atoms with Crippen molar-refractivity contribution in [2.45, 2.75) is 6.92 Å². The van der Waals surface area contributed by atoms with Crippen LogP contribution in [0.25, 0.3) is 0 Å². The van der Waals surface area contributed by atoms with Crippen molar-refractivity contribution < 1.29 is 9.53 Å². The van der Waals surface area contributed by atoms with E-state index in [1.165, 1.54) is 0 Å². The van der Waals surface area contributed by atoms with Gasteiger partial charge >= 0.3 is 6.03 Å². The van der Waals surface area contributed by atoms with E-state index >= 15 is 0 Å². The summed E-state index contributed by atoms with van der Waals surface area (Å²) < 4.78 is 5.41. The number of ether oxygens (including phenoxy) is 1. The second-order valence-corrected chi connectivity index (χ2v) is 4.61. The van der Waals surface area contributed by atoms with Gasteiger partial charge in [0.05, 0.1) is 0 Å². The van der Waals surface area contributed by atoms with E-state index in [-0.39, 0.29) is 6.03 Å². The standard InChI is InChI=1S/C16H19N3O2/c1-12-5-7-13(8-6-12)18-16(20)19-14-3-2-4-15(11-14)21-10-9-17/h2-8,11H,9-10,17H2,1H3,(H2,18,19,20). The molecule has 0 atom stereocenters. The minimum Gasteiger partial charge on any atom is -0.492 e. The molecular formula is C16H19N3O2. The molecule has 0 heterocycles. The van der Waals surface area contributed by atoms with Gasteiger partial charge in [-0.15, -0.1) is 0 Å². The van der Waals surface area contributed by atoms with Crippen LogP contribution < -0.4 is 21.1 Å². The number of aryl methyl sites for hydroxylation is 1. The molecule has 0 unspecified atom stereocenters. The van der Waals surface area contributed by atoms with Gasteiger partial charge in [0.15, 0.2) is 0 Å². The van der Waals surface area contributed by atoms with Crippen molar-refractivity contribution in [1.29, 1.82) is 0 Å². The van der Waals surface area contributed by atoms with E-state index in [1.54, 1.807) is 12.1 Å². The van der Waals surface area contributed by atoms with Crippen molar-refractivity contribution in [3.05, 3.63) is 54.1 Å². The zero-order valence-corrected chi connectivity index (χ0v) is 11.9. The number of hydrogen-bond acceptors (Lipinski definition) is 3. The number of nitrogens with two attached hydrogens (primary N) is 1. The number of benzene rings is 2. The first kappa shape index (κ1) is 14.9. The van der Waals surface area contributed by atoms with Crippen LogP contribution in [0, 0.1) is 6.92 Å². The fourth-order valence-corrected chi connectivity index (χ4v) is 1.77. The van der Waals surface area contributed by atoms with Gasteiger partial charge in [0.2, 0.25) is 0 Å². The number of urea groups is 1. The monoisotopic (exact) mass is 285 g/mol. The van der Waals surface area contributed by atoms with E-state index < -0.39 is 0 Å². The van der Waals surface area contributed by atoms with Crippen molar-refractivity contribution >= 4 is 17.4 Å². The van der Waals surface area contributed by atoms with E-state index in [2.05, 4.69) is 10.6 Å². The van der Waals surface area contributed by atoms with Gasteiger partial charge in [-0.05, 0) is 31.2 Å². The Balaban J connectivity index is 1.94. The molecule has 4 N–H and O–H groups in total. The third-order valence-corrected chi connectivity index (χ3v) is 2.79. The van der Waals surface area contributed by atoms with Crippen LogP contribution >= 0.6 is 0 Å². The van der Waals surface area contributed by atoms with Crippen LogP contribution in [0.2, 0.25) is 0 Å². The van der Waals surface area contributed by atoms with Gasteiger partial charge in [-0.1, -0.05) is 23.8 Å². The van der Waals surface area contributed by atoms with Gasteiger partial charge in [-0.25, -0.2) is 4.79 Å². The van der Waals surface area contributed by atoms with Crippen LogP contribution in [-0.4, -0.2) is 19.2 Å². The molecule has 2 amide bonds. The molecule has 0 bridgehead atoms. The first-order valence-corrected chi connectivity index (χ1v) is 6.75. The molecule has 5 heteroatoms. The lowest BCUT2D eigenvalue weighted by Crippen LogP contribution is -2.19. The van der Waals surface area contributed by atoms with E-state index in [4.69, 9.17) is 10.5 Å². The maximum absolute atomic E-state index is 11.9. The Kier molecular flexibility index (Phi) is 5.17. The van der Waals surface area contributed by atoms with Gasteiger partial charge in [0, 0.05) is 24.0 Å². The number of hydrogen-bond donors (Lipinski definition) is 3. The Labute approximate surface area is 124 Å². The number of carbonyl (C=O) groups is 1. The lowest BCUT2D eigenvalue weighted by Gasteiger charge is -2.10. The maximum Gasteiger partial charge on any atom is 0.323 e. The molecule has 0 aliphatic heterocycles. The van der Waals surface area contributed by atoms with Crippen molar-refractivity contribution in [2.24, 2.45) is 5.73 Å². The van der Waals surface area contributed by atoms with Crippen molar-refractivity contribution in [2.75, 3.05) is 23.8 Å². The summed E-state index contributed by atoms with van der Waals surface area (Å²) in [6, 6.07) is 14.5. The predicted octanol–water partition coefficient (Wildman–Crippen LogP) is 2.98. The zero-order chi connectivity index (χ0) is 15.1. The minimum absolute atomic E-state index is 0.296. The summed E-state index contributed by atoms with van der Waals surface area (Å²) in [5.41, 5.74) is 7.94. The molecule has 21 heavy (non-hydrogen) atoms. The molecule has 0 saturated carbocycles. The van der Waals surface area contributed by atoms with E-state index in [9.17, 15) is 4.79 Å². The summed E-state index contributed by atoms with van der Waals surface area (Å²) in [6.45, 7) is 2.89. The molecule has 5 nitrogen and oxygen atoms in total. The zero-order valence-electron chi connectivity index (χ0n) is 11.9. The summed E-state index contributed by atoms with van der Waals surface area (Å²) in [6.07, 6.45) is 0. The lowest BCUT2D eigenvalue weighted by atomic mass is 10.2. The van der Waals surface area contributed by atoms with Gasteiger partial charge in [0.25, 0.3) is 0 Å². The quantitative estimate of drug-likeness (QED) is 0.790. The summed E-state index contributed by atoms with van der Waals surface area (Å²) in [5.74, 6) is 0.675. The molecule has 0 spiro atoms. The smallest absolute Gasteiger partial charge is 0.323 e. The van der Waals surface area contributed by atoms with Crippen molar-refractivity contribution in [3.63, 3.8) is 0 Å². The van der Waals surface area contributed by atoms with Gasteiger partial charge in [0.1, 0.15) is 12.4 Å². The second kappa shape index (κ2) is 7.31. The average molecular weight is 285 g/mol. The second-order valence-electron chi connectivity index (χ2n) is 4.61. The van der Waals surface area contributed by atoms with Crippen LogP contribution in [0.4, 0.5) is 16.2 Å². The number of carbonyl (C=O) groups excluding carboxylic acids is 1. The van der Waals surface area contributed by atoms with Gasteiger partial charge in [-0.2, -0.15) is 0 Å². The minimum atomic E-state index is -0.296. The van der Waals surface area contributed by atoms with Gasteiger partial charge in [-0.3, -0.25) is 0 Å². The highest BCUT2D eigenvalue weighted by atomic mass is 16.5. The van der Waals surface area contributed by atoms with E-state index in [0.717, 1.165) is 11.3 Å². The van der Waals surface area contributed by atoms with Crippen LogP contribution in [0.3, 0.4) is 0 Å². The highest BCUT2D eigenvalue weighted by Crippen LogP contribution is 2.17. The largest absolute Gasteiger partial charge is 0.492 e. The Morgan fingerprint density at radius 1 is 1.10 bits per heavy atom. The molecule has 0 saturated heterocycles. The molecule has 2 rings (SSSR count). The predicted molar refractivity (Wildman–Crippen MR) is 84.8 cm³/mol. The van der Waals surface area contributed by atoms with E-state index in [1.807, 2.05) is 43.3 Å². The first-order valence-electron chi connectivity index (χ1n) is 6.75. The van der Waals surface area contributed by atoms with E-state index in [0.29, 0.717) is 24.6 Å². The third-order valence-electron chi connectivity index (χ3n) is 2.79. The van der Waals surface area contributed by atoms with Gasteiger partial charge < -0.3 is 21.1 Å². The number of rotatable bonds is 5. The topological polar surface area (TPSA) is 76.4 Å². The molecule has 0 radical (unpaired) electrons. The Hall–Kier alpha value is -2.53. The molecular weight excluding hydrogens is 266 g/mol. The normalized spacial score (nSPS) is 10.0. The highest BCUT2D eigenvalue weighted by Gasteiger charge is 2.03. The summed E-state index contributed by atoms with van der Waals surface area (Å²) in [7, 11) is 0. The maximum atomic E-state index is 11.9. The Morgan fingerprint density at radius 2 is 1.81 bits per heavy atom. The highest BCUT2D eigenvalue weighted by molar-refractivity contribution is 5.99. The molecule has 2 aromatic rings. The Morgan fingerprint density at radius 3 is 2.52 bits per heavy atom. The summed E-state index contributed by atoms with van der Waals surface area (Å²) in [4.78, 5) is 11.9. The van der Waals surface area contributed by atoms with Crippen LogP contribution in [0.15, 0.2) is 48.5 Å². The molecule has 0 aromatic heterocycles.